The standard InChI is InChI=1S/C7H3BrClFO/c8-7-4(3-11)1-5(9)2-6(7)10/h1-3H. The van der Waals surface area contributed by atoms with E-state index in [9.17, 15) is 9.18 Å². The van der Waals surface area contributed by atoms with Gasteiger partial charge in [0, 0.05) is 10.6 Å². The van der Waals surface area contributed by atoms with Gasteiger partial charge in [0.1, 0.15) is 5.82 Å². The summed E-state index contributed by atoms with van der Waals surface area (Å²) in [5, 5.41) is 0.216. The molecule has 1 nitrogen and oxygen atoms in total. The van der Waals surface area contributed by atoms with Crippen molar-refractivity contribution in [2.24, 2.45) is 0 Å². The molecule has 0 saturated heterocycles. The van der Waals surface area contributed by atoms with Crippen LogP contribution < -0.4 is 0 Å². The van der Waals surface area contributed by atoms with E-state index in [1.54, 1.807) is 0 Å². The van der Waals surface area contributed by atoms with Crippen LogP contribution in [-0.4, -0.2) is 6.29 Å². The van der Waals surface area contributed by atoms with Gasteiger partial charge in [-0.2, -0.15) is 0 Å². The molecule has 58 valence electrons. The number of hydrogen-bond donors (Lipinski definition) is 0. The van der Waals surface area contributed by atoms with E-state index in [-0.39, 0.29) is 15.1 Å². The van der Waals surface area contributed by atoms with Crippen LogP contribution in [0.2, 0.25) is 5.02 Å². The highest BCUT2D eigenvalue weighted by Crippen LogP contribution is 2.23. The smallest absolute Gasteiger partial charge is 0.151 e. The number of carbonyl (C=O) groups is 1. The fourth-order valence-electron chi connectivity index (χ4n) is 0.662. The molecule has 0 bridgehead atoms. The van der Waals surface area contributed by atoms with Crippen LogP contribution in [0.3, 0.4) is 0 Å². The first-order chi connectivity index (χ1) is 5.15. The monoisotopic (exact) mass is 236 g/mol. The summed E-state index contributed by atoms with van der Waals surface area (Å²) in [5.74, 6) is -0.528. The Labute approximate surface area is 76.3 Å². The Bertz CT molecular complexity index is 301. The number of rotatable bonds is 1. The average Bonchev–Trinajstić information content (AvgIpc) is 1.96. The molecule has 0 N–H and O–H groups in total. The van der Waals surface area contributed by atoms with Gasteiger partial charge in [0.25, 0.3) is 0 Å². The Morgan fingerprint density at radius 1 is 1.55 bits per heavy atom. The molecule has 1 aromatic carbocycles. The topological polar surface area (TPSA) is 17.1 Å². The Morgan fingerprint density at radius 3 is 2.73 bits per heavy atom. The number of hydrogen-bond acceptors (Lipinski definition) is 1. The molecular formula is C7H3BrClFO. The van der Waals surface area contributed by atoms with Crippen molar-refractivity contribution in [3.05, 3.63) is 33.0 Å². The van der Waals surface area contributed by atoms with Crippen LogP contribution in [0, 0.1) is 5.82 Å². The molecule has 4 heteroatoms. The summed E-state index contributed by atoms with van der Waals surface area (Å²) in [6, 6.07) is 2.53. The maximum Gasteiger partial charge on any atom is 0.151 e. The van der Waals surface area contributed by atoms with E-state index >= 15 is 0 Å². The summed E-state index contributed by atoms with van der Waals surface area (Å²) >= 11 is 8.39. The van der Waals surface area contributed by atoms with Crippen LogP contribution in [0.15, 0.2) is 16.6 Å². The van der Waals surface area contributed by atoms with Gasteiger partial charge in [0.05, 0.1) is 4.47 Å². The van der Waals surface area contributed by atoms with Gasteiger partial charge in [0.2, 0.25) is 0 Å². The maximum absolute atomic E-state index is 12.7. The Hall–Kier alpha value is -0.410. The minimum atomic E-state index is -0.528. The molecule has 1 aromatic rings. The van der Waals surface area contributed by atoms with Gasteiger partial charge in [-0.15, -0.1) is 0 Å². The highest BCUT2D eigenvalue weighted by atomic mass is 79.9. The first-order valence-corrected chi connectivity index (χ1v) is 3.92. The van der Waals surface area contributed by atoms with E-state index in [0.29, 0.717) is 6.29 Å². The normalized spacial score (nSPS) is 9.73. The largest absolute Gasteiger partial charge is 0.298 e. The van der Waals surface area contributed by atoms with Crippen LogP contribution in [-0.2, 0) is 0 Å². The molecule has 0 aliphatic rings. The van der Waals surface area contributed by atoms with E-state index in [0.717, 1.165) is 6.07 Å². The van der Waals surface area contributed by atoms with Gasteiger partial charge in [-0.3, -0.25) is 4.79 Å². The Kier molecular flexibility index (Phi) is 2.62. The van der Waals surface area contributed by atoms with E-state index in [2.05, 4.69) is 15.9 Å². The number of benzene rings is 1. The predicted molar refractivity (Wildman–Crippen MR) is 44.5 cm³/mol. The summed E-state index contributed by atoms with van der Waals surface area (Å²) in [6.45, 7) is 0. The Morgan fingerprint density at radius 2 is 2.18 bits per heavy atom. The summed E-state index contributed by atoms with van der Waals surface area (Å²) in [5.41, 5.74) is 0.218. The van der Waals surface area contributed by atoms with Crippen molar-refractivity contribution < 1.29 is 9.18 Å². The zero-order valence-corrected chi connectivity index (χ0v) is 7.62. The molecule has 0 amide bonds. The molecule has 0 aromatic heterocycles. The minimum absolute atomic E-state index is 0.150. The number of aldehydes is 1. The first kappa shape index (κ1) is 8.68. The predicted octanol–water partition coefficient (Wildman–Crippen LogP) is 3.05. The number of halogens is 3. The molecule has 0 radical (unpaired) electrons. The van der Waals surface area contributed by atoms with Crippen LogP contribution in [0.4, 0.5) is 4.39 Å². The lowest BCUT2D eigenvalue weighted by atomic mass is 10.2. The summed E-state index contributed by atoms with van der Waals surface area (Å²) in [4.78, 5) is 10.3. The van der Waals surface area contributed by atoms with Gasteiger partial charge >= 0.3 is 0 Å². The summed E-state index contributed by atoms with van der Waals surface area (Å²) < 4.78 is 12.9. The molecule has 0 fully saturated rings. The van der Waals surface area contributed by atoms with Crippen LogP contribution in [0.1, 0.15) is 10.4 Å². The molecule has 0 spiro atoms. The molecule has 0 aliphatic carbocycles. The lowest BCUT2D eigenvalue weighted by Gasteiger charge is -1.97. The SMILES string of the molecule is O=Cc1cc(Cl)cc(F)c1Br. The quantitative estimate of drug-likeness (QED) is 0.542. The zero-order valence-electron chi connectivity index (χ0n) is 5.27. The molecule has 0 unspecified atom stereocenters. The van der Waals surface area contributed by atoms with E-state index in [1.165, 1.54) is 6.07 Å². The second-order valence-corrected chi connectivity index (χ2v) is 3.14. The van der Waals surface area contributed by atoms with E-state index in [1.807, 2.05) is 0 Å². The van der Waals surface area contributed by atoms with Crippen molar-refractivity contribution in [1.82, 2.24) is 0 Å². The van der Waals surface area contributed by atoms with Crippen molar-refractivity contribution in [2.75, 3.05) is 0 Å². The Balaban J connectivity index is 3.35. The van der Waals surface area contributed by atoms with Crippen LogP contribution >= 0.6 is 27.5 Å². The van der Waals surface area contributed by atoms with Gasteiger partial charge in [-0.1, -0.05) is 11.6 Å². The first-order valence-electron chi connectivity index (χ1n) is 2.75. The van der Waals surface area contributed by atoms with Gasteiger partial charge in [-0.25, -0.2) is 4.39 Å². The summed E-state index contributed by atoms with van der Waals surface area (Å²) in [7, 11) is 0. The summed E-state index contributed by atoms with van der Waals surface area (Å²) in [6.07, 6.45) is 0.541. The van der Waals surface area contributed by atoms with E-state index in [4.69, 9.17) is 11.6 Å². The van der Waals surface area contributed by atoms with Crippen LogP contribution in [0.5, 0.6) is 0 Å². The molecular weight excluding hydrogens is 234 g/mol. The van der Waals surface area contributed by atoms with Gasteiger partial charge < -0.3 is 0 Å². The number of carbonyl (C=O) groups excluding carboxylic acids is 1. The van der Waals surface area contributed by atoms with Gasteiger partial charge in [0.15, 0.2) is 6.29 Å². The van der Waals surface area contributed by atoms with Crippen molar-refractivity contribution >= 4 is 33.8 Å². The molecule has 0 heterocycles. The fourth-order valence-corrected chi connectivity index (χ4v) is 1.20. The third-order valence-corrected chi connectivity index (χ3v) is 2.20. The fraction of sp³-hybridized carbons (Fsp3) is 0. The van der Waals surface area contributed by atoms with E-state index < -0.39 is 5.82 Å². The van der Waals surface area contributed by atoms with Crippen molar-refractivity contribution in [2.45, 2.75) is 0 Å². The second kappa shape index (κ2) is 3.32. The van der Waals surface area contributed by atoms with Crippen molar-refractivity contribution in [3.63, 3.8) is 0 Å². The lowest BCUT2D eigenvalue weighted by Crippen LogP contribution is -1.86. The molecule has 11 heavy (non-hydrogen) atoms. The molecule has 0 atom stereocenters. The van der Waals surface area contributed by atoms with Crippen molar-refractivity contribution in [1.29, 1.82) is 0 Å². The minimum Gasteiger partial charge on any atom is -0.298 e. The molecule has 1 rings (SSSR count). The highest BCUT2D eigenvalue weighted by molar-refractivity contribution is 9.10. The van der Waals surface area contributed by atoms with Crippen molar-refractivity contribution in [3.8, 4) is 0 Å². The molecule has 0 saturated carbocycles. The maximum atomic E-state index is 12.7. The molecule has 0 aliphatic heterocycles. The second-order valence-electron chi connectivity index (χ2n) is 1.91. The zero-order chi connectivity index (χ0) is 8.43. The third kappa shape index (κ3) is 1.79. The van der Waals surface area contributed by atoms with Crippen LogP contribution in [0.25, 0.3) is 0 Å². The third-order valence-electron chi connectivity index (χ3n) is 1.15. The highest BCUT2D eigenvalue weighted by Gasteiger charge is 2.05. The lowest BCUT2D eigenvalue weighted by molar-refractivity contribution is 0.112. The average molecular weight is 237 g/mol. The van der Waals surface area contributed by atoms with Gasteiger partial charge in [-0.05, 0) is 28.1 Å².